The molecule has 0 bridgehead atoms. The van der Waals surface area contributed by atoms with Crippen molar-refractivity contribution < 1.29 is 9.13 Å². The summed E-state index contributed by atoms with van der Waals surface area (Å²) in [4.78, 5) is 0. The lowest BCUT2D eigenvalue weighted by molar-refractivity contribution is 0.289. The molecule has 3 heteroatoms. The number of ether oxygens (including phenoxy) is 1. The highest BCUT2D eigenvalue weighted by Crippen LogP contribution is 2.21. The molecule has 1 aromatic carbocycles. The van der Waals surface area contributed by atoms with Gasteiger partial charge in [0.2, 0.25) is 0 Å². The van der Waals surface area contributed by atoms with E-state index in [-0.39, 0.29) is 5.82 Å². The maximum atomic E-state index is 12.8. The van der Waals surface area contributed by atoms with Crippen molar-refractivity contribution in [1.82, 2.24) is 0 Å². The monoisotopic (exact) mass is 260 g/mol. The largest absolute Gasteiger partial charge is 0.494 e. The number of rotatable bonds is 4. The molecule has 78 valence electrons. The molecule has 0 aliphatic heterocycles. The van der Waals surface area contributed by atoms with Crippen LogP contribution in [0.1, 0.15) is 20.3 Å². The average molecular weight is 261 g/mol. The van der Waals surface area contributed by atoms with E-state index in [1.54, 1.807) is 12.1 Å². The van der Waals surface area contributed by atoms with Crippen molar-refractivity contribution in [3.05, 3.63) is 28.5 Å². The Labute approximate surface area is 92.4 Å². The topological polar surface area (TPSA) is 9.23 Å². The van der Waals surface area contributed by atoms with E-state index in [1.165, 1.54) is 6.07 Å². The number of benzene rings is 1. The van der Waals surface area contributed by atoms with Crippen LogP contribution in [0.3, 0.4) is 0 Å². The highest BCUT2D eigenvalue weighted by molar-refractivity contribution is 9.10. The van der Waals surface area contributed by atoms with Crippen LogP contribution < -0.4 is 4.74 Å². The van der Waals surface area contributed by atoms with Crippen molar-refractivity contribution in [2.45, 2.75) is 20.3 Å². The summed E-state index contributed by atoms with van der Waals surface area (Å²) in [6.45, 7) is 4.96. The Kier molecular flexibility index (Phi) is 4.39. The maximum absolute atomic E-state index is 12.8. The van der Waals surface area contributed by atoms with Gasteiger partial charge in [-0.3, -0.25) is 0 Å². The predicted octanol–water partition coefficient (Wildman–Crippen LogP) is 4.01. The fraction of sp³-hybridized carbons (Fsp3) is 0.455. The molecule has 1 nitrogen and oxygen atoms in total. The van der Waals surface area contributed by atoms with Gasteiger partial charge < -0.3 is 4.74 Å². The van der Waals surface area contributed by atoms with Gasteiger partial charge >= 0.3 is 0 Å². The fourth-order valence-corrected chi connectivity index (χ4v) is 1.34. The molecule has 0 N–H and O–H groups in total. The third-order valence-corrected chi connectivity index (χ3v) is 2.46. The van der Waals surface area contributed by atoms with Crippen LogP contribution in [0.2, 0.25) is 0 Å². The molecule has 0 aromatic heterocycles. The number of hydrogen-bond donors (Lipinski definition) is 0. The molecule has 1 rings (SSSR count). The molecule has 0 aliphatic carbocycles. The molecular weight excluding hydrogens is 247 g/mol. The van der Waals surface area contributed by atoms with Gasteiger partial charge in [0.05, 0.1) is 11.1 Å². The zero-order valence-electron chi connectivity index (χ0n) is 8.39. The van der Waals surface area contributed by atoms with E-state index in [0.29, 0.717) is 22.7 Å². The number of hydrogen-bond acceptors (Lipinski definition) is 1. The highest BCUT2D eigenvalue weighted by atomic mass is 79.9. The smallest absolute Gasteiger partial charge is 0.137 e. The third kappa shape index (κ3) is 3.66. The summed E-state index contributed by atoms with van der Waals surface area (Å²) in [5, 5.41) is 0. The lowest BCUT2D eigenvalue weighted by Crippen LogP contribution is -2.01. The molecular formula is C11H14BrFO. The lowest BCUT2D eigenvalue weighted by Gasteiger charge is -2.08. The lowest BCUT2D eigenvalue weighted by atomic mass is 10.1. The van der Waals surface area contributed by atoms with Gasteiger partial charge in [-0.2, -0.15) is 0 Å². The number of halogens is 2. The van der Waals surface area contributed by atoms with E-state index < -0.39 is 0 Å². The zero-order chi connectivity index (χ0) is 10.6. The Hall–Kier alpha value is -0.570. The Morgan fingerprint density at radius 3 is 2.71 bits per heavy atom. The first kappa shape index (κ1) is 11.5. The van der Waals surface area contributed by atoms with Gasteiger partial charge in [-0.1, -0.05) is 13.8 Å². The van der Waals surface area contributed by atoms with Gasteiger partial charge in [-0.15, -0.1) is 0 Å². The summed E-state index contributed by atoms with van der Waals surface area (Å²) in [6, 6.07) is 4.69. The Bertz CT molecular complexity index is 299. The van der Waals surface area contributed by atoms with Gasteiger partial charge in [0, 0.05) is 0 Å². The van der Waals surface area contributed by atoms with Gasteiger partial charge in [0.15, 0.2) is 0 Å². The van der Waals surface area contributed by atoms with Crippen molar-refractivity contribution >= 4 is 15.9 Å². The Balaban J connectivity index is 2.47. The van der Waals surface area contributed by atoms with Crippen LogP contribution in [0.4, 0.5) is 4.39 Å². The first-order chi connectivity index (χ1) is 6.59. The highest BCUT2D eigenvalue weighted by Gasteiger charge is 2.01. The van der Waals surface area contributed by atoms with E-state index in [4.69, 9.17) is 4.74 Å². The minimum atomic E-state index is -0.263. The summed E-state index contributed by atoms with van der Waals surface area (Å²) in [5.41, 5.74) is 0. The first-order valence-electron chi connectivity index (χ1n) is 4.67. The zero-order valence-corrected chi connectivity index (χ0v) is 9.97. The van der Waals surface area contributed by atoms with E-state index in [2.05, 4.69) is 29.8 Å². The summed E-state index contributed by atoms with van der Waals surface area (Å²) in [5.74, 6) is 1.07. The second-order valence-electron chi connectivity index (χ2n) is 3.61. The van der Waals surface area contributed by atoms with E-state index in [1.807, 2.05) is 0 Å². The SMILES string of the molecule is CC(C)CCOc1ccc(F)c(Br)c1. The molecule has 0 heterocycles. The molecule has 0 spiro atoms. The van der Waals surface area contributed by atoms with Gasteiger partial charge in [-0.05, 0) is 46.5 Å². The molecule has 1 aromatic rings. The van der Waals surface area contributed by atoms with Crippen LogP contribution in [0.25, 0.3) is 0 Å². The molecule has 0 atom stereocenters. The van der Waals surface area contributed by atoms with Crippen LogP contribution in [0.5, 0.6) is 5.75 Å². The molecule has 0 radical (unpaired) electrons. The van der Waals surface area contributed by atoms with Gasteiger partial charge in [-0.25, -0.2) is 4.39 Å². The second-order valence-corrected chi connectivity index (χ2v) is 4.46. The summed E-state index contributed by atoms with van der Waals surface area (Å²) in [6.07, 6.45) is 1.01. The van der Waals surface area contributed by atoms with Crippen LogP contribution in [0, 0.1) is 11.7 Å². The maximum Gasteiger partial charge on any atom is 0.137 e. The first-order valence-corrected chi connectivity index (χ1v) is 5.46. The van der Waals surface area contributed by atoms with Gasteiger partial charge in [0.1, 0.15) is 11.6 Å². The van der Waals surface area contributed by atoms with Crippen LogP contribution >= 0.6 is 15.9 Å². The molecule has 0 saturated heterocycles. The molecule has 0 aliphatic rings. The van der Waals surface area contributed by atoms with E-state index in [0.717, 1.165) is 6.42 Å². The fourth-order valence-electron chi connectivity index (χ4n) is 0.979. The summed E-state index contributed by atoms with van der Waals surface area (Å²) >= 11 is 3.11. The van der Waals surface area contributed by atoms with E-state index >= 15 is 0 Å². The molecule has 0 unspecified atom stereocenters. The predicted molar refractivity (Wildman–Crippen MR) is 59.1 cm³/mol. The molecule has 14 heavy (non-hydrogen) atoms. The summed E-state index contributed by atoms with van der Waals surface area (Å²) < 4.78 is 18.7. The van der Waals surface area contributed by atoms with Crippen molar-refractivity contribution in [2.75, 3.05) is 6.61 Å². The quantitative estimate of drug-likeness (QED) is 0.795. The Morgan fingerprint density at radius 1 is 1.43 bits per heavy atom. The van der Waals surface area contributed by atoms with E-state index in [9.17, 15) is 4.39 Å². The average Bonchev–Trinajstić information content (AvgIpc) is 2.10. The Morgan fingerprint density at radius 2 is 2.14 bits per heavy atom. The minimum Gasteiger partial charge on any atom is -0.494 e. The second kappa shape index (κ2) is 5.35. The standard InChI is InChI=1S/C11H14BrFO/c1-8(2)5-6-14-9-3-4-11(13)10(12)7-9/h3-4,7-8H,5-6H2,1-2H3. The molecule has 0 saturated carbocycles. The third-order valence-electron chi connectivity index (χ3n) is 1.85. The van der Waals surface area contributed by atoms with Crippen molar-refractivity contribution in [1.29, 1.82) is 0 Å². The summed E-state index contributed by atoms with van der Waals surface area (Å²) in [7, 11) is 0. The minimum absolute atomic E-state index is 0.263. The van der Waals surface area contributed by atoms with Crippen molar-refractivity contribution in [3.63, 3.8) is 0 Å². The van der Waals surface area contributed by atoms with Crippen molar-refractivity contribution in [2.24, 2.45) is 5.92 Å². The van der Waals surface area contributed by atoms with Crippen molar-refractivity contribution in [3.8, 4) is 5.75 Å². The van der Waals surface area contributed by atoms with Gasteiger partial charge in [0.25, 0.3) is 0 Å². The van der Waals surface area contributed by atoms with Crippen LogP contribution in [-0.2, 0) is 0 Å². The van der Waals surface area contributed by atoms with Crippen LogP contribution in [0.15, 0.2) is 22.7 Å². The molecule has 0 amide bonds. The normalized spacial score (nSPS) is 10.6. The van der Waals surface area contributed by atoms with Crippen LogP contribution in [-0.4, -0.2) is 6.61 Å². The molecule has 0 fully saturated rings.